The van der Waals surface area contributed by atoms with Gasteiger partial charge in [-0.2, -0.15) is 0 Å². The molecule has 2 aliphatic carbocycles. The number of hydrogen-bond acceptors (Lipinski definition) is 2. The normalized spacial score (nSPS) is 62.7. The summed E-state index contributed by atoms with van der Waals surface area (Å²) in [6.07, 6.45) is 3.33. The van der Waals surface area contributed by atoms with Crippen LogP contribution in [0.2, 0.25) is 0 Å². The standard InChI is InChI=1S/C8H12O2/c1-9-8-7-5-2-4(10-8)3-6(5)7/h4-8H,2-3H2,1H3. The van der Waals surface area contributed by atoms with Crippen molar-refractivity contribution in [3.8, 4) is 0 Å². The van der Waals surface area contributed by atoms with Crippen LogP contribution in [0.1, 0.15) is 12.8 Å². The van der Waals surface area contributed by atoms with Crippen LogP contribution in [0, 0.1) is 17.8 Å². The maximum absolute atomic E-state index is 5.63. The molecule has 3 unspecified atom stereocenters. The van der Waals surface area contributed by atoms with Crippen LogP contribution in [0.3, 0.4) is 0 Å². The van der Waals surface area contributed by atoms with Crippen molar-refractivity contribution in [2.24, 2.45) is 17.8 Å². The van der Waals surface area contributed by atoms with Gasteiger partial charge in [0.1, 0.15) is 0 Å². The van der Waals surface area contributed by atoms with Gasteiger partial charge in [-0.05, 0) is 24.7 Å². The first kappa shape index (κ1) is 5.56. The Morgan fingerprint density at radius 1 is 1.30 bits per heavy atom. The molecule has 0 amide bonds. The Morgan fingerprint density at radius 3 is 2.40 bits per heavy atom. The van der Waals surface area contributed by atoms with Gasteiger partial charge in [0.15, 0.2) is 6.29 Å². The molecule has 0 aromatic carbocycles. The molecule has 4 aliphatic rings. The van der Waals surface area contributed by atoms with Gasteiger partial charge in [-0.3, -0.25) is 0 Å². The minimum atomic E-state index is 0.155. The largest absolute Gasteiger partial charge is 0.356 e. The number of methoxy groups -OCH3 is 1. The molecule has 0 aromatic rings. The molecule has 0 aromatic heterocycles. The summed E-state index contributed by atoms with van der Waals surface area (Å²) < 4.78 is 10.9. The molecule has 2 heterocycles. The Balaban J connectivity index is 1.84. The van der Waals surface area contributed by atoms with E-state index in [4.69, 9.17) is 9.47 Å². The fraction of sp³-hybridized carbons (Fsp3) is 1.00. The van der Waals surface area contributed by atoms with Crippen molar-refractivity contribution in [2.45, 2.75) is 25.2 Å². The van der Waals surface area contributed by atoms with Crippen molar-refractivity contribution in [2.75, 3.05) is 7.11 Å². The van der Waals surface area contributed by atoms with Crippen molar-refractivity contribution in [3.63, 3.8) is 0 Å². The van der Waals surface area contributed by atoms with E-state index in [1.165, 1.54) is 12.8 Å². The molecule has 4 rings (SSSR count). The molecule has 2 nitrogen and oxygen atoms in total. The van der Waals surface area contributed by atoms with Crippen molar-refractivity contribution >= 4 is 0 Å². The minimum absolute atomic E-state index is 0.155. The second-order valence-corrected chi connectivity index (χ2v) is 3.74. The average molecular weight is 140 g/mol. The summed E-state index contributed by atoms with van der Waals surface area (Å²) in [5, 5.41) is 0. The zero-order valence-electron chi connectivity index (χ0n) is 6.12. The van der Waals surface area contributed by atoms with E-state index in [2.05, 4.69) is 0 Å². The second kappa shape index (κ2) is 1.56. The van der Waals surface area contributed by atoms with Gasteiger partial charge in [0, 0.05) is 13.0 Å². The Bertz CT molecular complexity index is 157. The highest BCUT2D eigenvalue weighted by atomic mass is 16.7. The molecule has 0 radical (unpaired) electrons. The molecule has 4 bridgehead atoms. The van der Waals surface area contributed by atoms with Crippen LogP contribution in [0.25, 0.3) is 0 Å². The lowest BCUT2D eigenvalue weighted by Crippen LogP contribution is -2.33. The van der Waals surface area contributed by atoms with E-state index in [0.29, 0.717) is 6.10 Å². The maximum atomic E-state index is 5.63. The molecule has 2 heteroatoms. The first-order chi connectivity index (χ1) is 4.90. The molecule has 0 N–H and O–H groups in total. The number of ether oxygens (including phenoxy) is 2. The molecule has 3 atom stereocenters. The van der Waals surface area contributed by atoms with Crippen LogP contribution < -0.4 is 0 Å². The lowest BCUT2D eigenvalue weighted by molar-refractivity contribution is -0.200. The van der Waals surface area contributed by atoms with Gasteiger partial charge in [-0.15, -0.1) is 0 Å². The zero-order valence-corrected chi connectivity index (χ0v) is 6.12. The molecule has 0 spiro atoms. The van der Waals surface area contributed by atoms with Gasteiger partial charge in [0.05, 0.1) is 6.10 Å². The lowest BCUT2D eigenvalue weighted by atomic mass is 10.1. The summed E-state index contributed by atoms with van der Waals surface area (Å²) in [6.45, 7) is 0. The van der Waals surface area contributed by atoms with Crippen molar-refractivity contribution in [1.82, 2.24) is 0 Å². The van der Waals surface area contributed by atoms with E-state index in [1.54, 1.807) is 7.11 Å². The topological polar surface area (TPSA) is 18.5 Å². The Hall–Kier alpha value is -0.0800. The van der Waals surface area contributed by atoms with Gasteiger partial charge in [-0.25, -0.2) is 0 Å². The summed E-state index contributed by atoms with van der Waals surface area (Å²) in [6, 6.07) is 0. The molecule has 4 fully saturated rings. The zero-order chi connectivity index (χ0) is 6.72. The Labute approximate surface area is 60.5 Å². The highest BCUT2D eigenvalue weighted by molar-refractivity contribution is 5.09. The average Bonchev–Trinajstić information content (AvgIpc) is 2.55. The third-order valence-electron chi connectivity index (χ3n) is 3.34. The summed E-state index contributed by atoms with van der Waals surface area (Å²) in [4.78, 5) is 0. The predicted molar refractivity (Wildman–Crippen MR) is 35.4 cm³/mol. The molecule has 2 saturated carbocycles. The number of hydrogen-bond donors (Lipinski definition) is 0. The van der Waals surface area contributed by atoms with Crippen molar-refractivity contribution < 1.29 is 9.47 Å². The summed E-state index contributed by atoms with van der Waals surface area (Å²) in [5.74, 6) is 2.72. The Morgan fingerprint density at radius 2 is 2.00 bits per heavy atom. The van der Waals surface area contributed by atoms with E-state index in [9.17, 15) is 0 Å². The van der Waals surface area contributed by atoms with E-state index in [1.807, 2.05) is 0 Å². The fourth-order valence-electron chi connectivity index (χ4n) is 2.85. The maximum Gasteiger partial charge on any atom is 0.160 e. The molecule has 10 heavy (non-hydrogen) atoms. The van der Waals surface area contributed by atoms with Crippen LogP contribution in [-0.4, -0.2) is 19.5 Å². The second-order valence-electron chi connectivity index (χ2n) is 3.74. The third-order valence-corrected chi connectivity index (χ3v) is 3.34. The van der Waals surface area contributed by atoms with E-state index in [0.717, 1.165) is 17.8 Å². The van der Waals surface area contributed by atoms with E-state index < -0.39 is 0 Å². The molecular formula is C8H12O2. The summed E-state index contributed by atoms with van der Waals surface area (Å²) in [7, 11) is 1.75. The van der Waals surface area contributed by atoms with E-state index in [-0.39, 0.29) is 6.29 Å². The van der Waals surface area contributed by atoms with Gasteiger partial charge in [-0.1, -0.05) is 0 Å². The minimum Gasteiger partial charge on any atom is -0.356 e. The van der Waals surface area contributed by atoms with Gasteiger partial charge >= 0.3 is 0 Å². The van der Waals surface area contributed by atoms with Gasteiger partial charge in [0.25, 0.3) is 0 Å². The van der Waals surface area contributed by atoms with Crippen molar-refractivity contribution in [1.29, 1.82) is 0 Å². The van der Waals surface area contributed by atoms with Crippen LogP contribution >= 0.6 is 0 Å². The smallest absolute Gasteiger partial charge is 0.160 e. The van der Waals surface area contributed by atoms with E-state index >= 15 is 0 Å². The lowest BCUT2D eigenvalue weighted by Gasteiger charge is -2.29. The summed E-state index contributed by atoms with van der Waals surface area (Å²) >= 11 is 0. The van der Waals surface area contributed by atoms with Gasteiger partial charge in [0.2, 0.25) is 0 Å². The number of fused-ring (bicyclic) bond motifs is 1. The quantitative estimate of drug-likeness (QED) is 0.541. The third kappa shape index (κ3) is 0.487. The number of rotatable bonds is 1. The molecule has 56 valence electrons. The Kier molecular flexibility index (Phi) is 0.868. The van der Waals surface area contributed by atoms with Crippen molar-refractivity contribution in [3.05, 3.63) is 0 Å². The molecule has 2 saturated heterocycles. The van der Waals surface area contributed by atoms with Crippen LogP contribution in [0.5, 0.6) is 0 Å². The van der Waals surface area contributed by atoms with Crippen LogP contribution in [0.15, 0.2) is 0 Å². The highest BCUT2D eigenvalue weighted by Gasteiger charge is 2.64. The molecule has 2 aliphatic heterocycles. The monoisotopic (exact) mass is 140 g/mol. The predicted octanol–water partition coefficient (Wildman–Crippen LogP) is 1.01. The first-order valence-corrected chi connectivity index (χ1v) is 4.08. The highest BCUT2D eigenvalue weighted by Crippen LogP contribution is 2.64. The van der Waals surface area contributed by atoms with Crippen LogP contribution in [-0.2, 0) is 9.47 Å². The fourth-order valence-corrected chi connectivity index (χ4v) is 2.85. The SMILES string of the molecule is COC1OC2CC3C(C2)C13. The summed E-state index contributed by atoms with van der Waals surface area (Å²) in [5.41, 5.74) is 0. The first-order valence-electron chi connectivity index (χ1n) is 4.08. The molecular weight excluding hydrogens is 128 g/mol. The van der Waals surface area contributed by atoms with Gasteiger partial charge < -0.3 is 9.47 Å². The van der Waals surface area contributed by atoms with Crippen LogP contribution in [0.4, 0.5) is 0 Å².